The number of carbonyl (C=O) groups is 1. The number of rotatable bonds is 4. The second-order valence-electron chi connectivity index (χ2n) is 5.21. The van der Waals surface area contributed by atoms with Gasteiger partial charge in [0.15, 0.2) is 0 Å². The largest absolute Gasteiger partial charge is 0.471 e. The molecule has 0 bridgehead atoms. The van der Waals surface area contributed by atoms with Crippen molar-refractivity contribution >= 4 is 22.2 Å². The summed E-state index contributed by atoms with van der Waals surface area (Å²) in [7, 11) is 0. The standard InChI is InChI=1S/C15H15F3N2OS/c1-9(2)8-11-13(20-14(21)15(16,17)18)22-12(19-11)10-6-4-3-5-7-10/h3-7,9H,8H2,1-2H3,(H,20,21). The predicted octanol–water partition coefficient (Wildman–Crippen LogP) is 4.51. The summed E-state index contributed by atoms with van der Waals surface area (Å²) in [5.41, 5.74) is 1.29. The minimum Gasteiger partial charge on any atom is -0.308 e. The van der Waals surface area contributed by atoms with Crippen molar-refractivity contribution in [2.75, 3.05) is 5.32 Å². The zero-order valence-electron chi connectivity index (χ0n) is 12.1. The molecule has 1 aromatic carbocycles. The predicted molar refractivity (Wildman–Crippen MR) is 80.8 cm³/mol. The minimum absolute atomic E-state index is 0.162. The number of thiazole rings is 1. The summed E-state index contributed by atoms with van der Waals surface area (Å²) >= 11 is 1.06. The third-order valence-corrected chi connectivity index (χ3v) is 3.87. The van der Waals surface area contributed by atoms with Crippen LogP contribution in [0.4, 0.5) is 18.2 Å². The van der Waals surface area contributed by atoms with E-state index in [2.05, 4.69) is 4.98 Å². The van der Waals surface area contributed by atoms with E-state index in [0.29, 0.717) is 17.1 Å². The summed E-state index contributed by atoms with van der Waals surface area (Å²) in [6.45, 7) is 3.88. The zero-order chi connectivity index (χ0) is 16.3. The first-order chi connectivity index (χ1) is 10.3. The Morgan fingerprint density at radius 2 is 1.91 bits per heavy atom. The maximum absolute atomic E-state index is 12.4. The third kappa shape index (κ3) is 4.07. The lowest BCUT2D eigenvalue weighted by atomic mass is 10.1. The molecule has 3 nitrogen and oxygen atoms in total. The maximum Gasteiger partial charge on any atom is 0.471 e. The van der Waals surface area contributed by atoms with Gasteiger partial charge in [-0.05, 0) is 12.3 Å². The van der Waals surface area contributed by atoms with Crippen molar-refractivity contribution in [2.24, 2.45) is 5.92 Å². The molecule has 0 aliphatic rings. The van der Waals surface area contributed by atoms with Crippen molar-refractivity contribution in [1.82, 2.24) is 4.98 Å². The first-order valence-electron chi connectivity index (χ1n) is 6.70. The van der Waals surface area contributed by atoms with Crippen LogP contribution >= 0.6 is 11.3 Å². The molecule has 1 aromatic heterocycles. The van der Waals surface area contributed by atoms with Crippen LogP contribution in [-0.2, 0) is 11.2 Å². The zero-order valence-corrected chi connectivity index (χ0v) is 12.9. The molecule has 0 fully saturated rings. The molecule has 0 saturated heterocycles. The highest BCUT2D eigenvalue weighted by molar-refractivity contribution is 7.19. The van der Waals surface area contributed by atoms with E-state index in [1.807, 2.05) is 49.5 Å². The molecule has 7 heteroatoms. The van der Waals surface area contributed by atoms with E-state index in [4.69, 9.17) is 0 Å². The maximum atomic E-state index is 12.4. The number of carbonyl (C=O) groups excluding carboxylic acids is 1. The molecular weight excluding hydrogens is 313 g/mol. The number of alkyl halides is 3. The summed E-state index contributed by atoms with van der Waals surface area (Å²) in [4.78, 5) is 15.6. The number of nitrogens with zero attached hydrogens (tertiary/aromatic N) is 1. The van der Waals surface area contributed by atoms with Gasteiger partial charge in [-0.3, -0.25) is 4.79 Å². The Kier molecular flexibility index (Phi) is 4.85. The average molecular weight is 328 g/mol. The molecule has 1 heterocycles. The Morgan fingerprint density at radius 1 is 1.27 bits per heavy atom. The van der Waals surface area contributed by atoms with Gasteiger partial charge in [0.1, 0.15) is 10.0 Å². The van der Waals surface area contributed by atoms with Crippen molar-refractivity contribution < 1.29 is 18.0 Å². The second-order valence-corrected chi connectivity index (χ2v) is 6.21. The highest BCUT2D eigenvalue weighted by Gasteiger charge is 2.39. The van der Waals surface area contributed by atoms with Crippen LogP contribution in [0.5, 0.6) is 0 Å². The first-order valence-corrected chi connectivity index (χ1v) is 7.52. The number of aromatic nitrogens is 1. The van der Waals surface area contributed by atoms with Crippen molar-refractivity contribution in [3.05, 3.63) is 36.0 Å². The van der Waals surface area contributed by atoms with Crippen molar-refractivity contribution in [3.8, 4) is 10.6 Å². The fraction of sp³-hybridized carbons (Fsp3) is 0.333. The Balaban J connectivity index is 2.35. The van der Waals surface area contributed by atoms with Crippen LogP contribution in [0, 0.1) is 5.92 Å². The molecule has 0 atom stereocenters. The molecule has 0 aliphatic carbocycles. The summed E-state index contributed by atoms with van der Waals surface area (Å²) in [5.74, 6) is -1.76. The van der Waals surface area contributed by atoms with Crippen molar-refractivity contribution in [1.29, 1.82) is 0 Å². The smallest absolute Gasteiger partial charge is 0.308 e. The molecule has 0 aliphatic heterocycles. The molecule has 0 unspecified atom stereocenters. The quantitative estimate of drug-likeness (QED) is 0.897. The van der Waals surface area contributed by atoms with E-state index in [-0.39, 0.29) is 10.9 Å². The molecule has 0 spiro atoms. The molecule has 1 N–H and O–H groups in total. The van der Waals surface area contributed by atoms with Gasteiger partial charge in [0, 0.05) is 5.56 Å². The lowest BCUT2D eigenvalue weighted by Crippen LogP contribution is -2.30. The Hall–Kier alpha value is -1.89. The van der Waals surface area contributed by atoms with Crippen LogP contribution in [0.2, 0.25) is 0 Å². The molecular formula is C15H15F3N2OS. The second kappa shape index (κ2) is 6.48. The van der Waals surface area contributed by atoms with Gasteiger partial charge < -0.3 is 5.32 Å². The number of hydrogen-bond acceptors (Lipinski definition) is 3. The lowest BCUT2D eigenvalue weighted by molar-refractivity contribution is -0.167. The van der Waals surface area contributed by atoms with Gasteiger partial charge in [-0.25, -0.2) is 4.98 Å². The number of benzene rings is 1. The van der Waals surface area contributed by atoms with Gasteiger partial charge in [-0.15, -0.1) is 0 Å². The summed E-state index contributed by atoms with van der Waals surface area (Å²) < 4.78 is 37.3. The average Bonchev–Trinajstić information content (AvgIpc) is 2.81. The summed E-state index contributed by atoms with van der Waals surface area (Å²) in [6.07, 6.45) is -4.41. The highest BCUT2D eigenvalue weighted by Crippen LogP contribution is 2.34. The summed E-state index contributed by atoms with van der Waals surface area (Å²) in [6, 6.07) is 9.15. The third-order valence-electron chi connectivity index (χ3n) is 2.80. The van der Waals surface area contributed by atoms with Gasteiger partial charge in [-0.1, -0.05) is 55.5 Å². The van der Waals surface area contributed by atoms with Gasteiger partial charge in [-0.2, -0.15) is 13.2 Å². The van der Waals surface area contributed by atoms with Gasteiger partial charge in [0.2, 0.25) is 0 Å². The number of amides is 1. The van der Waals surface area contributed by atoms with Gasteiger partial charge in [0.25, 0.3) is 0 Å². The van der Waals surface area contributed by atoms with E-state index in [1.165, 1.54) is 0 Å². The van der Waals surface area contributed by atoms with Gasteiger partial charge in [0.05, 0.1) is 5.69 Å². The van der Waals surface area contributed by atoms with Crippen LogP contribution < -0.4 is 5.32 Å². The van der Waals surface area contributed by atoms with E-state index in [1.54, 1.807) is 0 Å². The number of anilines is 1. The lowest BCUT2D eigenvalue weighted by Gasteiger charge is -2.08. The van der Waals surface area contributed by atoms with E-state index in [9.17, 15) is 18.0 Å². The molecule has 22 heavy (non-hydrogen) atoms. The molecule has 0 saturated carbocycles. The van der Waals surface area contributed by atoms with E-state index >= 15 is 0 Å². The molecule has 2 aromatic rings. The Morgan fingerprint density at radius 3 is 2.45 bits per heavy atom. The van der Waals surface area contributed by atoms with Gasteiger partial charge >= 0.3 is 12.1 Å². The van der Waals surface area contributed by atoms with Crippen LogP contribution in [-0.4, -0.2) is 17.1 Å². The molecule has 1 amide bonds. The van der Waals surface area contributed by atoms with Crippen molar-refractivity contribution in [2.45, 2.75) is 26.4 Å². The van der Waals surface area contributed by atoms with E-state index < -0.39 is 12.1 Å². The Labute approximate surface area is 130 Å². The van der Waals surface area contributed by atoms with Crippen LogP contribution in [0.15, 0.2) is 30.3 Å². The number of nitrogens with one attached hydrogen (secondary N) is 1. The number of halogens is 3. The van der Waals surface area contributed by atoms with Crippen LogP contribution in [0.1, 0.15) is 19.5 Å². The highest BCUT2D eigenvalue weighted by atomic mass is 32.1. The normalized spacial score (nSPS) is 11.7. The van der Waals surface area contributed by atoms with Crippen LogP contribution in [0.25, 0.3) is 10.6 Å². The van der Waals surface area contributed by atoms with Crippen molar-refractivity contribution in [3.63, 3.8) is 0 Å². The molecule has 0 radical (unpaired) electrons. The Bertz CT molecular complexity index is 651. The SMILES string of the molecule is CC(C)Cc1nc(-c2ccccc2)sc1NC(=O)C(F)(F)F. The minimum atomic E-state index is -4.91. The number of hydrogen-bond donors (Lipinski definition) is 1. The fourth-order valence-corrected chi connectivity index (χ4v) is 2.85. The molecule has 2 rings (SSSR count). The van der Waals surface area contributed by atoms with Crippen LogP contribution in [0.3, 0.4) is 0 Å². The first kappa shape index (κ1) is 16.5. The van der Waals surface area contributed by atoms with E-state index in [0.717, 1.165) is 16.9 Å². The molecule has 118 valence electrons. The monoisotopic (exact) mass is 328 g/mol. The fourth-order valence-electron chi connectivity index (χ4n) is 1.85. The summed E-state index contributed by atoms with van der Waals surface area (Å²) in [5, 5.41) is 2.69. The topological polar surface area (TPSA) is 42.0 Å².